The summed E-state index contributed by atoms with van der Waals surface area (Å²) in [7, 11) is 0. The third-order valence-electron chi connectivity index (χ3n) is 3.79. The van der Waals surface area contributed by atoms with Crippen molar-refractivity contribution in [1.29, 1.82) is 0 Å². The standard InChI is InChI=1S/C13H21N5O2S/c1-8-11(21-10(3)15-8)13(19)18-6-4-17(5-7-18)9(2)12(14)16-20/h9,20H,4-7H2,1-3H3,(H2,14,16). The van der Waals surface area contributed by atoms with Gasteiger partial charge in [-0.15, -0.1) is 11.3 Å². The van der Waals surface area contributed by atoms with Crippen LogP contribution < -0.4 is 5.73 Å². The average molecular weight is 311 g/mol. The summed E-state index contributed by atoms with van der Waals surface area (Å²) in [4.78, 5) is 21.5. The number of aromatic nitrogens is 1. The Labute approximate surface area is 128 Å². The first kappa shape index (κ1) is 15.7. The highest BCUT2D eigenvalue weighted by Crippen LogP contribution is 2.20. The quantitative estimate of drug-likeness (QED) is 0.370. The maximum Gasteiger partial charge on any atom is 0.265 e. The number of rotatable bonds is 3. The monoisotopic (exact) mass is 311 g/mol. The summed E-state index contributed by atoms with van der Waals surface area (Å²) < 4.78 is 0. The lowest BCUT2D eigenvalue weighted by Gasteiger charge is -2.37. The van der Waals surface area contributed by atoms with Gasteiger partial charge in [-0.25, -0.2) is 4.98 Å². The fourth-order valence-corrected chi connectivity index (χ4v) is 3.34. The molecule has 1 aromatic heterocycles. The molecule has 3 N–H and O–H groups in total. The highest BCUT2D eigenvalue weighted by Gasteiger charge is 2.28. The van der Waals surface area contributed by atoms with E-state index in [0.29, 0.717) is 26.2 Å². The van der Waals surface area contributed by atoms with Crippen molar-refractivity contribution in [2.75, 3.05) is 26.2 Å². The van der Waals surface area contributed by atoms with Gasteiger partial charge in [0, 0.05) is 26.2 Å². The summed E-state index contributed by atoms with van der Waals surface area (Å²) in [6.45, 7) is 8.36. The van der Waals surface area contributed by atoms with Gasteiger partial charge in [0.25, 0.3) is 5.91 Å². The molecule has 0 radical (unpaired) electrons. The minimum atomic E-state index is -0.125. The molecule has 0 spiro atoms. The first-order valence-electron chi connectivity index (χ1n) is 6.88. The molecule has 1 amide bonds. The Kier molecular flexibility index (Phi) is 4.79. The van der Waals surface area contributed by atoms with Crippen LogP contribution in [-0.4, -0.2) is 64.0 Å². The van der Waals surface area contributed by atoms with Crippen LogP contribution in [0.1, 0.15) is 27.3 Å². The number of hydrogen-bond donors (Lipinski definition) is 2. The molecule has 0 aliphatic carbocycles. The summed E-state index contributed by atoms with van der Waals surface area (Å²) in [6.07, 6.45) is 0. The maximum absolute atomic E-state index is 12.5. The van der Waals surface area contributed by atoms with Crippen LogP contribution in [0.25, 0.3) is 0 Å². The SMILES string of the molecule is Cc1nc(C)c(C(=O)N2CCN(C(C)C(N)=NO)CC2)s1. The summed E-state index contributed by atoms with van der Waals surface area (Å²) in [5.74, 6) is 0.248. The van der Waals surface area contributed by atoms with Gasteiger partial charge in [-0.2, -0.15) is 0 Å². The summed E-state index contributed by atoms with van der Waals surface area (Å²) >= 11 is 1.44. The van der Waals surface area contributed by atoms with Crippen LogP contribution in [0.4, 0.5) is 0 Å². The molecule has 1 saturated heterocycles. The van der Waals surface area contributed by atoms with E-state index >= 15 is 0 Å². The second-order valence-electron chi connectivity index (χ2n) is 5.18. The Morgan fingerprint density at radius 1 is 1.38 bits per heavy atom. The number of carbonyl (C=O) groups excluding carboxylic acids is 1. The Balaban J connectivity index is 1.98. The first-order valence-corrected chi connectivity index (χ1v) is 7.70. The van der Waals surface area contributed by atoms with E-state index in [1.807, 2.05) is 25.7 Å². The Morgan fingerprint density at radius 3 is 2.48 bits per heavy atom. The van der Waals surface area contributed by atoms with E-state index in [2.05, 4.69) is 15.0 Å². The van der Waals surface area contributed by atoms with Gasteiger partial charge in [-0.1, -0.05) is 5.16 Å². The van der Waals surface area contributed by atoms with Crippen molar-refractivity contribution in [2.24, 2.45) is 10.9 Å². The van der Waals surface area contributed by atoms with Gasteiger partial charge in [-0.05, 0) is 20.8 Å². The van der Waals surface area contributed by atoms with Crippen molar-refractivity contribution in [2.45, 2.75) is 26.8 Å². The van der Waals surface area contributed by atoms with Gasteiger partial charge in [0.1, 0.15) is 4.88 Å². The lowest BCUT2D eigenvalue weighted by Crippen LogP contribution is -2.54. The minimum absolute atomic E-state index is 0.0502. The fraction of sp³-hybridized carbons (Fsp3) is 0.615. The summed E-state index contributed by atoms with van der Waals surface area (Å²) in [5, 5.41) is 12.7. The summed E-state index contributed by atoms with van der Waals surface area (Å²) in [5.41, 5.74) is 6.43. The third-order valence-corrected chi connectivity index (χ3v) is 4.85. The van der Waals surface area contributed by atoms with Crippen molar-refractivity contribution in [3.63, 3.8) is 0 Å². The van der Waals surface area contributed by atoms with Gasteiger partial charge in [0.15, 0.2) is 5.84 Å². The molecule has 1 fully saturated rings. The van der Waals surface area contributed by atoms with Gasteiger partial charge >= 0.3 is 0 Å². The molecule has 1 unspecified atom stereocenters. The molecule has 8 heteroatoms. The number of oxime groups is 1. The van der Waals surface area contributed by atoms with Gasteiger partial charge in [0.05, 0.1) is 16.7 Å². The second-order valence-corrected chi connectivity index (χ2v) is 6.38. The maximum atomic E-state index is 12.5. The van der Waals surface area contributed by atoms with Crippen molar-refractivity contribution >= 4 is 23.1 Å². The van der Waals surface area contributed by atoms with E-state index in [4.69, 9.17) is 10.9 Å². The van der Waals surface area contributed by atoms with E-state index in [9.17, 15) is 4.79 Å². The highest BCUT2D eigenvalue weighted by molar-refractivity contribution is 7.13. The number of amidine groups is 1. The minimum Gasteiger partial charge on any atom is -0.409 e. The Hall–Kier alpha value is -1.67. The predicted octanol–water partition coefficient (Wildman–Crippen LogP) is 0.653. The van der Waals surface area contributed by atoms with E-state index in [0.717, 1.165) is 15.6 Å². The number of thiazole rings is 1. The van der Waals surface area contributed by atoms with E-state index in [1.165, 1.54) is 11.3 Å². The van der Waals surface area contributed by atoms with Crippen LogP contribution in [0.2, 0.25) is 0 Å². The predicted molar refractivity (Wildman–Crippen MR) is 81.9 cm³/mol. The van der Waals surface area contributed by atoms with Crippen LogP contribution >= 0.6 is 11.3 Å². The number of aryl methyl sites for hydroxylation is 2. The molecule has 2 rings (SSSR count). The van der Waals surface area contributed by atoms with Crippen LogP contribution in [0.3, 0.4) is 0 Å². The molecular weight excluding hydrogens is 290 g/mol. The van der Waals surface area contributed by atoms with Gasteiger partial charge in [-0.3, -0.25) is 9.69 Å². The largest absolute Gasteiger partial charge is 0.409 e. The van der Waals surface area contributed by atoms with Crippen LogP contribution in [0.5, 0.6) is 0 Å². The molecule has 1 aliphatic rings. The zero-order chi connectivity index (χ0) is 15.6. The Bertz CT molecular complexity index is 549. The number of hydrogen-bond acceptors (Lipinski definition) is 6. The molecule has 21 heavy (non-hydrogen) atoms. The van der Waals surface area contributed by atoms with Crippen molar-refractivity contribution in [3.8, 4) is 0 Å². The topological polar surface area (TPSA) is 95.1 Å². The molecule has 1 aliphatic heterocycles. The molecule has 7 nitrogen and oxygen atoms in total. The van der Waals surface area contributed by atoms with Crippen LogP contribution in [-0.2, 0) is 0 Å². The molecule has 2 heterocycles. The smallest absolute Gasteiger partial charge is 0.265 e. The van der Waals surface area contributed by atoms with Gasteiger partial charge in [0.2, 0.25) is 0 Å². The second kappa shape index (κ2) is 6.40. The van der Waals surface area contributed by atoms with Gasteiger partial charge < -0.3 is 15.8 Å². The van der Waals surface area contributed by atoms with E-state index in [-0.39, 0.29) is 17.8 Å². The molecule has 0 aromatic carbocycles. The number of nitrogens with zero attached hydrogens (tertiary/aromatic N) is 4. The first-order chi connectivity index (χ1) is 9.93. The number of carbonyl (C=O) groups is 1. The molecule has 1 aromatic rings. The Morgan fingerprint density at radius 2 is 2.00 bits per heavy atom. The number of nitrogens with two attached hydrogens (primary N) is 1. The molecule has 116 valence electrons. The van der Waals surface area contributed by atoms with E-state index in [1.54, 1.807) is 0 Å². The molecule has 0 saturated carbocycles. The van der Waals surface area contributed by atoms with Crippen molar-refractivity contribution < 1.29 is 10.0 Å². The zero-order valence-electron chi connectivity index (χ0n) is 12.5. The lowest BCUT2D eigenvalue weighted by molar-refractivity contribution is 0.0622. The average Bonchev–Trinajstić information content (AvgIpc) is 2.83. The van der Waals surface area contributed by atoms with Crippen LogP contribution in [0.15, 0.2) is 5.16 Å². The summed E-state index contributed by atoms with van der Waals surface area (Å²) in [6, 6.07) is -0.125. The van der Waals surface area contributed by atoms with E-state index < -0.39 is 0 Å². The highest BCUT2D eigenvalue weighted by atomic mass is 32.1. The third kappa shape index (κ3) is 3.33. The lowest BCUT2D eigenvalue weighted by atomic mass is 10.2. The number of amides is 1. The van der Waals surface area contributed by atoms with Crippen LogP contribution in [0, 0.1) is 13.8 Å². The molecule has 1 atom stereocenters. The zero-order valence-corrected chi connectivity index (χ0v) is 13.4. The fourth-order valence-electron chi connectivity index (χ4n) is 2.46. The van der Waals surface area contributed by atoms with Crippen molar-refractivity contribution in [3.05, 3.63) is 15.6 Å². The molecular formula is C13H21N5O2S. The van der Waals surface area contributed by atoms with Crippen molar-refractivity contribution in [1.82, 2.24) is 14.8 Å². The molecule has 0 bridgehead atoms. The normalized spacial score (nSPS) is 18.8. The number of piperazine rings is 1.